The van der Waals surface area contributed by atoms with Crippen molar-refractivity contribution in [2.45, 2.75) is 51.5 Å². The van der Waals surface area contributed by atoms with E-state index in [1.807, 2.05) is 24.2 Å². The summed E-state index contributed by atoms with van der Waals surface area (Å²) >= 11 is 0. The average molecular weight is 434 g/mol. The number of morpholine rings is 1. The first-order chi connectivity index (χ1) is 15.6. The summed E-state index contributed by atoms with van der Waals surface area (Å²) < 4.78 is 5.66. The van der Waals surface area contributed by atoms with Crippen molar-refractivity contribution in [3.8, 4) is 11.4 Å². The second-order valence-corrected chi connectivity index (χ2v) is 8.97. The van der Waals surface area contributed by atoms with Gasteiger partial charge in [0.1, 0.15) is 5.82 Å². The van der Waals surface area contributed by atoms with E-state index in [0.29, 0.717) is 25.6 Å². The van der Waals surface area contributed by atoms with Crippen LogP contribution in [0.1, 0.15) is 55.8 Å². The molecule has 2 aromatic rings. The highest BCUT2D eigenvalue weighted by atomic mass is 16.5. The minimum atomic E-state index is 0.243. The first-order valence-corrected chi connectivity index (χ1v) is 11.8. The first-order valence-electron chi connectivity index (χ1n) is 11.8. The molecule has 5 rings (SSSR count). The summed E-state index contributed by atoms with van der Waals surface area (Å²) in [4.78, 5) is 31.0. The van der Waals surface area contributed by atoms with E-state index < -0.39 is 0 Å². The smallest absolute Gasteiger partial charge is 0.222 e. The van der Waals surface area contributed by atoms with Gasteiger partial charge in [0, 0.05) is 61.7 Å². The van der Waals surface area contributed by atoms with Crippen LogP contribution >= 0.6 is 0 Å². The number of carbonyl (C=O) groups is 1. The molecule has 2 aliphatic heterocycles. The van der Waals surface area contributed by atoms with Crippen LogP contribution in [-0.2, 0) is 16.0 Å². The molecule has 0 N–H and O–H groups in total. The number of hydrogen-bond donors (Lipinski definition) is 0. The van der Waals surface area contributed by atoms with Crippen molar-refractivity contribution in [3.05, 3.63) is 41.4 Å². The van der Waals surface area contributed by atoms with E-state index in [0.717, 1.165) is 61.8 Å². The van der Waals surface area contributed by atoms with Crippen molar-refractivity contribution < 1.29 is 9.53 Å². The van der Waals surface area contributed by atoms with Gasteiger partial charge < -0.3 is 14.5 Å². The van der Waals surface area contributed by atoms with Gasteiger partial charge in [-0.25, -0.2) is 9.97 Å². The van der Waals surface area contributed by atoms with Gasteiger partial charge in [0.05, 0.1) is 19.3 Å². The zero-order valence-electron chi connectivity index (χ0n) is 19.0. The van der Waals surface area contributed by atoms with Crippen molar-refractivity contribution >= 4 is 17.8 Å². The molecule has 7 nitrogen and oxygen atoms in total. The molecule has 2 fully saturated rings. The van der Waals surface area contributed by atoms with Gasteiger partial charge in [-0.2, -0.15) is 0 Å². The van der Waals surface area contributed by atoms with Gasteiger partial charge in [0.2, 0.25) is 5.91 Å². The molecule has 0 bridgehead atoms. The topological polar surface area (TPSA) is 71.5 Å². The maximum atomic E-state index is 12.1. The molecule has 1 atom stereocenters. The summed E-state index contributed by atoms with van der Waals surface area (Å²) in [5.41, 5.74) is 4.48. The number of aromatic nitrogens is 3. The number of amides is 1. The third kappa shape index (κ3) is 4.01. The molecule has 0 saturated carbocycles. The lowest BCUT2D eigenvalue weighted by Gasteiger charge is -2.35. The average Bonchev–Trinajstić information content (AvgIpc) is 3.33. The second-order valence-electron chi connectivity index (χ2n) is 8.97. The van der Waals surface area contributed by atoms with E-state index in [2.05, 4.69) is 35.0 Å². The highest BCUT2D eigenvalue weighted by molar-refractivity contribution is 5.76. The molecule has 32 heavy (non-hydrogen) atoms. The van der Waals surface area contributed by atoms with Gasteiger partial charge in [0.15, 0.2) is 5.82 Å². The lowest BCUT2D eigenvalue weighted by molar-refractivity contribution is -0.131. The second kappa shape index (κ2) is 8.98. The monoisotopic (exact) mass is 433 g/mol. The van der Waals surface area contributed by atoms with Gasteiger partial charge in [-0.3, -0.25) is 9.78 Å². The van der Waals surface area contributed by atoms with Crippen molar-refractivity contribution in [1.29, 1.82) is 0 Å². The standard InChI is InChI=1S/C25H31N5O2/c1-3-24(31)29-9-7-18(8-10-29)22-13-23(30-11-12-32-16-17(30)2)28-25(27-22)21-15-26-14-19-5-4-6-20(19)21/h4,6,13-15,17-18H,3,5,7-12,16H2,1-2H3/t17-/m1/s1. The van der Waals surface area contributed by atoms with Crippen LogP contribution in [0.3, 0.4) is 0 Å². The predicted octanol–water partition coefficient (Wildman–Crippen LogP) is 3.45. The molecule has 0 aromatic carbocycles. The third-order valence-corrected chi connectivity index (χ3v) is 6.90. The van der Waals surface area contributed by atoms with E-state index >= 15 is 0 Å². The molecule has 0 radical (unpaired) electrons. The molecule has 168 valence electrons. The Balaban J connectivity index is 1.52. The van der Waals surface area contributed by atoms with Crippen LogP contribution in [0.2, 0.25) is 0 Å². The number of likely N-dealkylation sites (tertiary alicyclic amines) is 1. The normalized spacial score (nSPS) is 21.1. The van der Waals surface area contributed by atoms with Gasteiger partial charge in [-0.15, -0.1) is 0 Å². The summed E-state index contributed by atoms with van der Waals surface area (Å²) in [6.07, 6.45) is 11.5. The molecule has 2 saturated heterocycles. The lowest BCUT2D eigenvalue weighted by Crippen LogP contribution is -2.44. The van der Waals surface area contributed by atoms with Gasteiger partial charge in [-0.05, 0) is 37.3 Å². The quantitative estimate of drug-likeness (QED) is 0.736. The zero-order valence-corrected chi connectivity index (χ0v) is 19.0. The highest BCUT2D eigenvalue weighted by Crippen LogP contribution is 2.34. The van der Waals surface area contributed by atoms with Gasteiger partial charge in [-0.1, -0.05) is 19.1 Å². The van der Waals surface area contributed by atoms with E-state index in [1.165, 1.54) is 11.1 Å². The van der Waals surface area contributed by atoms with Crippen LogP contribution in [-0.4, -0.2) is 64.6 Å². The van der Waals surface area contributed by atoms with E-state index in [-0.39, 0.29) is 11.9 Å². The number of hydrogen-bond acceptors (Lipinski definition) is 6. The molecule has 1 aliphatic carbocycles. The van der Waals surface area contributed by atoms with Crippen molar-refractivity contribution in [3.63, 3.8) is 0 Å². The van der Waals surface area contributed by atoms with Crippen LogP contribution in [0.25, 0.3) is 17.5 Å². The van der Waals surface area contributed by atoms with Crippen LogP contribution in [0, 0.1) is 0 Å². The van der Waals surface area contributed by atoms with Crippen molar-refractivity contribution in [2.24, 2.45) is 0 Å². The van der Waals surface area contributed by atoms with Gasteiger partial charge >= 0.3 is 0 Å². The van der Waals surface area contributed by atoms with Crippen LogP contribution < -0.4 is 4.90 Å². The Morgan fingerprint density at radius 1 is 1.19 bits per heavy atom. The Hall–Kier alpha value is -2.80. The number of pyridine rings is 1. The Labute approximate surface area is 189 Å². The van der Waals surface area contributed by atoms with E-state index in [1.54, 1.807) is 0 Å². The number of carbonyl (C=O) groups excluding carboxylic acids is 1. The zero-order chi connectivity index (χ0) is 22.1. The summed E-state index contributed by atoms with van der Waals surface area (Å²) in [5, 5.41) is 0. The Bertz CT molecular complexity index is 1030. The number of anilines is 1. The number of ether oxygens (including phenoxy) is 1. The molecular formula is C25H31N5O2. The third-order valence-electron chi connectivity index (χ3n) is 6.90. The van der Waals surface area contributed by atoms with Gasteiger partial charge in [0.25, 0.3) is 0 Å². The van der Waals surface area contributed by atoms with E-state index in [9.17, 15) is 4.79 Å². The number of fused-ring (bicyclic) bond motifs is 1. The fourth-order valence-electron chi connectivity index (χ4n) is 5.00. The minimum Gasteiger partial charge on any atom is -0.377 e. The number of allylic oxidation sites excluding steroid dienone is 1. The molecule has 0 unspecified atom stereocenters. The summed E-state index contributed by atoms with van der Waals surface area (Å²) in [5.74, 6) is 2.28. The van der Waals surface area contributed by atoms with Crippen LogP contribution in [0.4, 0.5) is 5.82 Å². The Morgan fingerprint density at radius 2 is 2.03 bits per heavy atom. The highest BCUT2D eigenvalue weighted by Gasteiger charge is 2.28. The number of rotatable bonds is 4. The van der Waals surface area contributed by atoms with Crippen molar-refractivity contribution in [1.82, 2.24) is 19.9 Å². The minimum absolute atomic E-state index is 0.243. The first kappa shape index (κ1) is 21.1. The molecular weight excluding hydrogens is 402 g/mol. The van der Waals surface area contributed by atoms with Crippen LogP contribution in [0.5, 0.6) is 0 Å². The fourth-order valence-corrected chi connectivity index (χ4v) is 5.00. The van der Waals surface area contributed by atoms with Crippen molar-refractivity contribution in [2.75, 3.05) is 37.7 Å². The lowest BCUT2D eigenvalue weighted by atomic mass is 9.92. The maximum absolute atomic E-state index is 12.1. The summed E-state index contributed by atoms with van der Waals surface area (Å²) in [6.45, 7) is 7.95. The molecule has 7 heteroatoms. The Kier molecular flexibility index (Phi) is 5.91. The number of piperidine rings is 1. The molecule has 3 aliphatic rings. The molecule has 2 aromatic heterocycles. The fraction of sp³-hybridized carbons (Fsp3) is 0.520. The Morgan fingerprint density at radius 3 is 2.81 bits per heavy atom. The molecule has 4 heterocycles. The number of nitrogens with zero attached hydrogens (tertiary/aromatic N) is 5. The largest absolute Gasteiger partial charge is 0.377 e. The SMILES string of the molecule is CCC(=O)N1CCC(c2cc(N3CCOC[C@H]3C)nc(-c3cncc4c3C=CC4)n2)CC1. The summed E-state index contributed by atoms with van der Waals surface area (Å²) in [6, 6.07) is 2.43. The predicted molar refractivity (Wildman–Crippen MR) is 124 cm³/mol. The summed E-state index contributed by atoms with van der Waals surface area (Å²) in [7, 11) is 0. The van der Waals surface area contributed by atoms with E-state index in [4.69, 9.17) is 14.7 Å². The molecule has 1 amide bonds. The molecule has 0 spiro atoms. The maximum Gasteiger partial charge on any atom is 0.222 e. The van der Waals surface area contributed by atoms with Crippen LogP contribution in [0.15, 0.2) is 24.5 Å².